The van der Waals surface area contributed by atoms with E-state index in [1.54, 1.807) is 11.2 Å². The zero-order chi connectivity index (χ0) is 15.6. The minimum atomic E-state index is -3.03. The maximum Gasteiger partial charge on any atom is 0.214 e. The molecule has 0 radical (unpaired) electrons. The van der Waals surface area contributed by atoms with Crippen LogP contribution < -0.4 is 4.90 Å². The summed E-state index contributed by atoms with van der Waals surface area (Å²) in [7, 11) is -3.03. The number of rotatable bonds is 4. The second-order valence-corrected chi connectivity index (χ2v) is 8.12. The van der Waals surface area contributed by atoms with E-state index in [0.29, 0.717) is 13.1 Å². The van der Waals surface area contributed by atoms with Crippen LogP contribution in [0.25, 0.3) is 10.8 Å². The zero-order valence-corrected chi connectivity index (χ0v) is 13.8. The Labute approximate surface area is 132 Å². The summed E-state index contributed by atoms with van der Waals surface area (Å²) in [5.41, 5.74) is 1.35. The number of hydrogen-bond acceptors (Lipinski definition) is 2. The van der Waals surface area contributed by atoms with E-state index in [4.69, 9.17) is 0 Å². The molecule has 0 unspecified atom stereocenters. The minimum absolute atomic E-state index is 0.200. The van der Waals surface area contributed by atoms with Crippen molar-refractivity contribution in [1.82, 2.24) is 4.31 Å². The first-order valence-corrected chi connectivity index (χ1v) is 9.49. The zero-order valence-electron chi connectivity index (χ0n) is 13.0. The largest absolute Gasteiger partial charge is 0.329 e. The number of nitrogens with one attached hydrogen (secondary N) is 1. The van der Waals surface area contributed by atoms with Crippen LogP contribution in [-0.4, -0.2) is 44.7 Å². The lowest BCUT2D eigenvalue weighted by molar-refractivity contribution is -0.917. The Hall–Kier alpha value is -1.43. The van der Waals surface area contributed by atoms with E-state index >= 15 is 0 Å². The molecule has 1 aliphatic heterocycles. The third-order valence-electron chi connectivity index (χ3n) is 4.51. The first-order chi connectivity index (χ1) is 10.6. The summed E-state index contributed by atoms with van der Waals surface area (Å²) in [6.07, 6.45) is 0. The van der Waals surface area contributed by atoms with Gasteiger partial charge in [0.2, 0.25) is 10.0 Å². The smallest absolute Gasteiger partial charge is 0.214 e. The Bertz CT molecular complexity index is 745. The third-order valence-corrected chi connectivity index (χ3v) is 6.39. The molecule has 2 aromatic rings. The van der Waals surface area contributed by atoms with Crippen molar-refractivity contribution < 1.29 is 13.3 Å². The van der Waals surface area contributed by atoms with Crippen molar-refractivity contribution in [3.8, 4) is 0 Å². The van der Waals surface area contributed by atoms with E-state index in [0.717, 1.165) is 19.6 Å². The fourth-order valence-electron chi connectivity index (χ4n) is 3.16. The van der Waals surface area contributed by atoms with E-state index in [1.807, 2.05) is 0 Å². The molecule has 1 fully saturated rings. The van der Waals surface area contributed by atoms with E-state index in [9.17, 15) is 8.42 Å². The summed E-state index contributed by atoms with van der Waals surface area (Å²) >= 11 is 0. The minimum Gasteiger partial charge on any atom is -0.329 e. The van der Waals surface area contributed by atoms with Gasteiger partial charge in [-0.1, -0.05) is 42.5 Å². The molecule has 0 atom stereocenters. The van der Waals surface area contributed by atoms with Crippen LogP contribution in [0.1, 0.15) is 12.5 Å². The average Bonchev–Trinajstić information content (AvgIpc) is 2.56. The van der Waals surface area contributed by atoms with Crippen molar-refractivity contribution in [3.63, 3.8) is 0 Å². The lowest BCUT2D eigenvalue weighted by atomic mass is 10.0. The highest BCUT2D eigenvalue weighted by Crippen LogP contribution is 2.17. The van der Waals surface area contributed by atoms with Gasteiger partial charge in [-0.3, -0.25) is 0 Å². The number of sulfonamides is 1. The van der Waals surface area contributed by atoms with Crippen LogP contribution in [0, 0.1) is 0 Å². The van der Waals surface area contributed by atoms with Crippen molar-refractivity contribution in [2.75, 3.05) is 31.9 Å². The van der Waals surface area contributed by atoms with Gasteiger partial charge in [0, 0.05) is 5.56 Å². The second-order valence-electron chi connectivity index (χ2n) is 5.86. The van der Waals surface area contributed by atoms with Gasteiger partial charge in [-0.2, -0.15) is 4.31 Å². The van der Waals surface area contributed by atoms with Gasteiger partial charge in [0.25, 0.3) is 0 Å². The highest BCUT2D eigenvalue weighted by atomic mass is 32.2. The van der Waals surface area contributed by atoms with E-state index in [2.05, 4.69) is 42.5 Å². The van der Waals surface area contributed by atoms with Gasteiger partial charge in [0.05, 0.1) is 31.9 Å². The van der Waals surface area contributed by atoms with E-state index < -0.39 is 10.0 Å². The van der Waals surface area contributed by atoms with Gasteiger partial charge in [0.1, 0.15) is 6.54 Å². The number of hydrogen-bond donors (Lipinski definition) is 1. The molecule has 4 nitrogen and oxygen atoms in total. The number of piperazine rings is 1. The fraction of sp³-hybridized carbons (Fsp3) is 0.412. The number of quaternary nitrogens is 1. The molecule has 1 aliphatic rings. The van der Waals surface area contributed by atoms with Gasteiger partial charge in [-0.25, -0.2) is 8.42 Å². The number of nitrogens with zero attached hydrogens (tertiary/aromatic N) is 1. The van der Waals surface area contributed by atoms with Crippen molar-refractivity contribution >= 4 is 20.8 Å². The molecule has 0 spiro atoms. The molecule has 118 valence electrons. The lowest BCUT2D eigenvalue weighted by Gasteiger charge is -2.31. The molecule has 0 amide bonds. The molecule has 5 heteroatoms. The molecule has 0 aliphatic carbocycles. The molecular formula is C17H23N2O2S+. The van der Waals surface area contributed by atoms with Crippen molar-refractivity contribution in [3.05, 3.63) is 48.0 Å². The molecule has 1 heterocycles. The number of benzene rings is 2. The highest BCUT2D eigenvalue weighted by Gasteiger charge is 2.27. The summed E-state index contributed by atoms with van der Waals surface area (Å²) in [6.45, 7) is 5.70. The lowest BCUT2D eigenvalue weighted by Crippen LogP contribution is -3.13. The SMILES string of the molecule is CCS(=O)(=O)N1CC[NH+](Cc2cccc3ccccc23)CC1. The van der Waals surface area contributed by atoms with Crippen LogP contribution in [-0.2, 0) is 16.6 Å². The first-order valence-electron chi connectivity index (χ1n) is 7.88. The Morgan fingerprint density at radius 1 is 1.05 bits per heavy atom. The normalized spacial score (nSPS) is 17.9. The quantitative estimate of drug-likeness (QED) is 0.909. The topological polar surface area (TPSA) is 41.8 Å². The predicted molar refractivity (Wildman–Crippen MR) is 89.4 cm³/mol. The van der Waals surface area contributed by atoms with Gasteiger partial charge < -0.3 is 4.90 Å². The molecule has 0 aromatic heterocycles. The summed E-state index contributed by atoms with van der Waals surface area (Å²) in [6, 6.07) is 14.9. The second kappa shape index (κ2) is 6.36. The maximum atomic E-state index is 11.9. The van der Waals surface area contributed by atoms with Crippen molar-refractivity contribution in [2.45, 2.75) is 13.5 Å². The molecule has 3 rings (SSSR count). The molecule has 1 N–H and O–H groups in total. The average molecular weight is 319 g/mol. The van der Waals surface area contributed by atoms with Crippen LogP contribution >= 0.6 is 0 Å². The Morgan fingerprint density at radius 2 is 1.73 bits per heavy atom. The summed E-state index contributed by atoms with van der Waals surface area (Å²) < 4.78 is 25.5. The van der Waals surface area contributed by atoms with Crippen molar-refractivity contribution in [1.29, 1.82) is 0 Å². The van der Waals surface area contributed by atoms with Crippen LogP contribution in [0.4, 0.5) is 0 Å². The maximum absolute atomic E-state index is 11.9. The Balaban J connectivity index is 1.70. The molecule has 1 saturated heterocycles. The predicted octanol–water partition coefficient (Wildman–Crippen LogP) is 0.890. The van der Waals surface area contributed by atoms with E-state index in [1.165, 1.54) is 21.2 Å². The molecular weight excluding hydrogens is 296 g/mol. The van der Waals surface area contributed by atoms with Gasteiger partial charge in [-0.15, -0.1) is 0 Å². The van der Waals surface area contributed by atoms with Crippen molar-refractivity contribution in [2.24, 2.45) is 0 Å². The van der Waals surface area contributed by atoms with Gasteiger partial charge in [-0.05, 0) is 17.7 Å². The molecule has 0 saturated carbocycles. The highest BCUT2D eigenvalue weighted by molar-refractivity contribution is 7.89. The van der Waals surface area contributed by atoms with Gasteiger partial charge in [0.15, 0.2) is 0 Å². The third kappa shape index (κ3) is 3.16. The van der Waals surface area contributed by atoms with Crippen LogP contribution in [0.2, 0.25) is 0 Å². The molecule has 0 bridgehead atoms. The standard InChI is InChI=1S/C17H22N2O2S/c1-2-22(20,21)19-12-10-18(11-13-19)14-16-8-5-7-15-6-3-4-9-17(15)16/h3-9H,2,10-14H2,1H3/p+1. The monoisotopic (exact) mass is 319 g/mol. The van der Waals surface area contributed by atoms with Crippen LogP contribution in [0.5, 0.6) is 0 Å². The summed E-state index contributed by atoms with van der Waals surface area (Å²) in [5, 5.41) is 2.58. The fourth-order valence-corrected chi connectivity index (χ4v) is 4.26. The Kier molecular flexibility index (Phi) is 4.47. The van der Waals surface area contributed by atoms with E-state index in [-0.39, 0.29) is 5.75 Å². The summed E-state index contributed by atoms with van der Waals surface area (Å²) in [4.78, 5) is 1.46. The molecule has 2 aromatic carbocycles. The van der Waals surface area contributed by atoms with Crippen LogP contribution in [0.3, 0.4) is 0 Å². The summed E-state index contributed by atoms with van der Waals surface area (Å²) in [5.74, 6) is 0.200. The molecule has 22 heavy (non-hydrogen) atoms. The van der Waals surface area contributed by atoms with Gasteiger partial charge >= 0.3 is 0 Å². The first kappa shape index (κ1) is 15.5. The Morgan fingerprint density at radius 3 is 2.45 bits per heavy atom. The number of fused-ring (bicyclic) bond motifs is 1. The van der Waals surface area contributed by atoms with Crippen LogP contribution in [0.15, 0.2) is 42.5 Å².